The summed E-state index contributed by atoms with van der Waals surface area (Å²) in [6, 6.07) is 18.8. The monoisotopic (exact) mass is 460 g/mol. The van der Waals surface area contributed by atoms with E-state index in [-0.39, 0.29) is 5.56 Å². The molecule has 0 aliphatic carbocycles. The second-order valence-corrected chi connectivity index (χ2v) is 7.81. The summed E-state index contributed by atoms with van der Waals surface area (Å²) in [5, 5.41) is 4.61. The van der Waals surface area contributed by atoms with Crippen LogP contribution >= 0.6 is 12.2 Å². The first-order valence-electron chi connectivity index (χ1n) is 10.3. The van der Waals surface area contributed by atoms with Gasteiger partial charge in [-0.3, -0.25) is 9.78 Å². The van der Waals surface area contributed by atoms with E-state index in [1.807, 2.05) is 65.6 Å². The summed E-state index contributed by atoms with van der Waals surface area (Å²) >= 11 is 5.75. The Bertz CT molecular complexity index is 1320. The second kappa shape index (κ2) is 10.1. The maximum absolute atomic E-state index is 12.8. The van der Waals surface area contributed by atoms with Crippen molar-refractivity contribution < 1.29 is 9.47 Å². The van der Waals surface area contributed by atoms with E-state index in [4.69, 9.17) is 21.7 Å². The lowest BCUT2D eigenvalue weighted by atomic mass is 10.1. The van der Waals surface area contributed by atoms with Gasteiger partial charge in [0.2, 0.25) is 0 Å². The van der Waals surface area contributed by atoms with E-state index in [9.17, 15) is 4.79 Å². The molecule has 2 aromatic heterocycles. The number of H-pyrrole nitrogens is 1. The summed E-state index contributed by atoms with van der Waals surface area (Å²) in [7, 11) is 3.23. The number of pyridine rings is 2. The quantitative estimate of drug-likeness (QED) is 0.397. The van der Waals surface area contributed by atoms with E-state index in [1.54, 1.807) is 26.6 Å². The Kier molecular flexibility index (Phi) is 6.85. The van der Waals surface area contributed by atoms with E-state index in [0.717, 1.165) is 27.9 Å². The molecule has 168 valence electrons. The van der Waals surface area contributed by atoms with Crippen molar-refractivity contribution in [2.45, 2.75) is 13.1 Å². The van der Waals surface area contributed by atoms with Crippen LogP contribution in [0.3, 0.4) is 0 Å². The third-order valence-corrected chi connectivity index (χ3v) is 5.58. The highest BCUT2D eigenvalue weighted by Gasteiger charge is 2.16. The fraction of sp³-hybridized carbons (Fsp3) is 0.160. The van der Waals surface area contributed by atoms with Gasteiger partial charge in [-0.15, -0.1) is 0 Å². The standard InChI is InChI=1S/C25H24N4O3S/c1-31-20-9-10-21-18(13-20)12-19(24(30)27-21)16-29(15-17-6-5-11-26-14-17)25(33)28-22-7-3-4-8-23(22)32-2/h3-14H,15-16H2,1-2H3,(H,27,30)(H,28,33). The van der Waals surface area contributed by atoms with Gasteiger partial charge in [-0.05, 0) is 60.2 Å². The van der Waals surface area contributed by atoms with Gasteiger partial charge in [0, 0.05) is 35.4 Å². The van der Waals surface area contributed by atoms with Crippen molar-refractivity contribution in [2.24, 2.45) is 0 Å². The lowest BCUT2D eigenvalue weighted by molar-refractivity contribution is 0.407. The van der Waals surface area contributed by atoms with Crippen LogP contribution in [-0.2, 0) is 13.1 Å². The van der Waals surface area contributed by atoms with Crippen LogP contribution in [0.1, 0.15) is 11.1 Å². The zero-order valence-corrected chi connectivity index (χ0v) is 19.2. The number of hydrogen-bond donors (Lipinski definition) is 2. The molecule has 0 spiro atoms. The molecule has 2 aromatic carbocycles. The van der Waals surface area contributed by atoms with Crippen LogP contribution in [0.15, 0.2) is 77.9 Å². The molecule has 0 amide bonds. The number of anilines is 1. The maximum Gasteiger partial charge on any atom is 0.253 e. The first-order chi connectivity index (χ1) is 16.1. The van der Waals surface area contributed by atoms with Crippen molar-refractivity contribution in [3.05, 3.63) is 94.5 Å². The smallest absolute Gasteiger partial charge is 0.253 e. The third kappa shape index (κ3) is 5.30. The lowest BCUT2D eigenvalue weighted by Crippen LogP contribution is -2.35. The van der Waals surface area contributed by atoms with Crippen LogP contribution in [0.2, 0.25) is 0 Å². The van der Waals surface area contributed by atoms with E-state index in [2.05, 4.69) is 15.3 Å². The highest BCUT2D eigenvalue weighted by Crippen LogP contribution is 2.24. The Morgan fingerprint density at radius 2 is 1.91 bits per heavy atom. The van der Waals surface area contributed by atoms with Crippen molar-refractivity contribution >= 4 is 33.9 Å². The first-order valence-corrected chi connectivity index (χ1v) is 10.8. The van der Waals surface area contributed by atoms with Gasteiger partial charge >= 0.3 is 0 Å². The Hall–Kier alpha value is -3.91. The van der Waals surface area contributed by atoms with Gasteiger partial charge in [-0.25, -0.2) is 0 Å². The molecule has 0 fully saturated rings. The lowest BCUT2D eigenvalue weighted by Gasteiger charge is -2.26. The largest absolute Gasteiger partial charge is 0.497 e. The van der Waals surface area contributed by atoms with Gasteiger partial charge in [0.05, 0.1) is 26.5 Å². The Balaban J connectivity index is 1.66. The molecule has 0 saturated heterocycles. The highest BCUT2D eigenvalue weighted by atomic mass is 32.1. The van der Waals surface area contributed by atoms with Gasteiger partial charge < -0.3 is 24.7 Å². The van der Waals surface area contributed by atoms with E-state index in [0.29, 0.717) is 29.5 Å². The average Bonchev–Trinajstić information content (AvgIpc) is 2.84. The van der Waals surface area contributed by atoms with Crippen LogP contribution in [0.5, 0.6) is 11.5 Å². The number of nitrogens with zero attached hydrogens (tertiary/aromatic N) is 2. The summed E-state index contributed by atoms with van der Waals surface area (Å²) in [5.74, 6) is 1.40. The van der Waals surface area contributed by atoms with Crippen LogP contribution in [-0.4, -0.2) is 34.2 Å². The molecule has 0 aliphatic rings. The van der Waals surface area contributed by atoms with Crippen LogP contribution < -0.4 is 20.3 Å². The zero-order valence-electron chi connectivity index (χ0n) is 18.4. The van der Waals surface area contributed by atoms with Crippen molar-refractivity contribution in [2.75, 3.05) is 19.5 Å². The van der Waals surface area contributed by atoms with Gasteiger partial charge in [-0.2, -0.15) is 0 Å². The molecule has 0 atom stereocenters. The minimum Gasteiger partial charge on any atom is -0.497 e. The summed E-state index contributed by atoms with van der Waals surface area (Å²) < 4.78 is 10.8. The molecule has 33 heavy (non-hydrogen) atoms. The molecule has 4 rings (SSSR count). The van der Waals surface area contributed by atoms with Crippen molar-refractivity contribution in [3.63, 3.8) is 0 Å². The summed E-state index contributed by atoms with van der Waals surface area (Å²) in [5.41, 5.74) is 2.89. The Labute approximate surface area is 197 Å². The summed E-state index contributed by atoms with van der Waals surface area (Å²) in [6.07, 6.45) is 3.51. The van der Waals surface area contributed by atoms with E-state index in [1.165, 1.54) is 0 Å². The van der Waals surface area contributed by atoms with Gasteiger partial charge in [0.1, 0.15) is 11.5 Å². The molecule has 2 heterocycles. The number of aromatic amines is 1. The predicted molar refractivity (Wildman–Crippen MR) is 134 cm³/mol. The number of ether oxygens (including phenoxy) is 2. The van der Waals surface area contributed by atoms with Crippen molar-refractivity contribution in [1.29, 1.82) is 0 Å². The van der Waals surface area contributed by atoms with Crippen LogP contribution in [0.25, 0.3) is 10.9 Å². The Morgan fingerprint density at radius 3 is 2.67 bits per heavy atom. The SMILES string of the molecule is COc1ccc2[nH]c(=O)c(CN(Cc3cccnc3)C(=S)Nc3ccccc3OC)cc2c1. The molecule has 7 nitrogen and oxygen atoms in total. The van der Waals surface area contributed by atoms with Crippen LogP contribution in [0, 0.1) is 0 Å². The number of nitrogens with one attached hydrogen (secondary N) is 2. The number of aromatic nitrogens is 2. The van der Waals surface area contributed by atoms with Crippen LogP contribution in [0.4, 0.5) is 5.69 Å². The van der Waals surface area contributed by atoms with E-state index < -0.39 is 0 Å². The molecule has 0 unspecified atom stereocenters. The fourth-order valence-corrected chi connectivity index (χ4v) is 3.77. The molecule has 4 aromatic rings. The fourth-order valence-electron chi connectivity index (χ4n) is 3.53. The number of thiocarbonyl (C=S) groups is 1. The number of benzene rings is 2. The molecule has 0 saturated carbocycles. The predicted octanol–water partition coefficient (Wildman–Crippen LogP) is 4.34. The van der Waals surface area contributed by atoms with Gasteiger partial charge in [0.25, 0.3) is 5.56 Å². The molecular formula is C25H24N4O3S. The zero-order chi connectivity index (χ0) is 23.2. The number of fused-ring (bicyclic) bond motifs is 1. The summed E-state index contributed by atoms with van der Waals surface area (Å²) in [4.78, 5) is 21.9. The second-order valence-electron chi connectivity index (χ2n) is 7.42. The molecule has 8 heteroatoms. The van der Waals surface area contributed by atoms with Gasteiger partial charge in [-0.1, -0.05) is 18.2 Å². The third-order valence-electron chi connectivity index (χ3n) is 5.22. The minimum atomic E-state index is -0.163. The van der Waals surface area contributed by atoms with E-state index >= 15 is 0 Å². The summed E-state index contributed by atoms with van der Waals surface area (Å²) in [6.45, 7) is 0.781. The topological polar surface area (TPSA) is 79.5 Å². The first kappa shape index (κ1) is 22.3. The minimum absolute atomic E-state index is 0.163. The average molecular weight is 461 g/mol. The number of hydrogen-bond acceptors (Lipinski definition) is 5. The number of para-hydroxylation sites is 2. The molecule has 0 radical (unpaired) electrons. The number of methoxy groups -OCH3 is 2. The Morgan fingerprint density at radius 1 is 1.06 bits per heavy atom. The molecule has 0 aliphatic heterocycles. The number of rotatable bonds is 7. The normalized spacial score (nSPS) is 10.6. The van der Waals surface area contributed by atoms with Gasteiger partial charge in [0.15, 0.2) is 5.11 Å². The molecule has 0 bridgehead atoms. The molecular weight excluding hydrogens is 436 g/mol. The highest BCUT2D eigenvalue weighted by molar-refractivity contribution is 7.80. The molecule has 2 N–H and O–H groups in total. The van der Waals surface area contributed by atoms with Crippen molar-refractivity contribution in [1.82, 2.24) is 14.9 Å². The maximum atomic E-state index is 12.8. The van der Waals surface area contributed by atoms with Crippen molar-refractivity contribution in [3.8, 4) is 11.5 Å².